The molecule has 1 aliphatic carbocycles. The summed E-state index contributed by atoms with van der Waals surface area (Å²) in [6.07, 6.45) is 6.48. The van der Waals surface area contributed by atoms with Crippen LogP contribution in [0.5, 0.6) is 5.88 Å². The van der Waals surface area contributed by atoms with Gasteiger partial charge in [0, 0.05) is 43.4 Å². The number of ether oxygens (including phenoxy) is 2. The Balaban J connectivity index is 1.49. The van der Waals surface area contributed by atoms with E-state index in [1.807, 2.05) is 6.07 Å². The summed E-state index contributed by atoms with van der Waals surface area (Å²) in [4.78, 5) is 33.4. The van der Waals surface area contributed by atoms with Gasteiger partial charge in [-0.05, 0) is 37.8 Å². The number of hydrogen-bond acceptors (Lipinski definition) is 8. The van der Waals surface area contributed by atoms with E-state index in [0.29, 0.717) is 35.7 Å². The summed E-state index contributed by atoms with van der Waals surface area (Å²) in [5, 5.41) is 10.5. The van der Waals surface area contributed by atoms with Gasteiger partial charge in [-0.15, -0.1) is 0 Å². The molecule has 11 nitrogen and oxygen atoms in total. The largest absolute Gasteiger partial charge is 0.481 e. The second-order valence-corrected chi connectivity index (χ2v) is 8.27. The van der Waals surface area contributed by atoms with Gasteiger partial charge in [0.25, 0.3) is 5.91 Å². The molecule has 0 aliphatic heterocycles. The summed E-state index contributed by atoms with van der Waals surface area (Å²) in [5.74, 6) is 0.422. The lowest BCUT2D eigenvalue weighted by Crippen LogP contribution is -2.44. The van der Waals surface area contributed by atoms with Gasteiger partial charge >= 0.3 is 0 Å². The van der Waals surface area contributed by atoms with E-state index in [4.69, 9.17) is 15.2 Å². The number of pyridine rings is 1. The molecule has 0 aromatic carbocycles. The second kappa shape index (κ2) is 10.5. The highest BCUT2D eigenvalue weighted by Gasteiger charge is 2.26. The fourth-order valence-electron chi connectivity index (χ4n) is 4.27. The average molecular weight is 468 g/mol. The molecule has 3 aromatic heterocycles. The first kappa shape index (κ1) is 23.4. The number of hydrogen-bond donors (Lipinski definition) is 3. The third-order valence-electron chi connectivity index (χ3n) is 6.03. The lowest BCUT2D eigenvalue weighted by Gasteiger charge is -2.29. The standard InChI is InChI=1S/C23H29N7O4/c1-33-10-8-19(31)28-15-3-5-16(6-4-15)29-23(32)17-12-18(14-7-9-25-20(11-14)34-2)30-21(17)22(24)26-13-27-30/h7,9,11-13,15-16H,3-6,8,10H2,1-2H3,(H,28,31)(H,29,32)(H2,24,26,27). The van der Waals surface area contributed by atoms with Crippen molar-refractivity contribution in [3.63, 3.8) is 0 Å². The SMILES string of the molecule is COCCC(=O)NC1CCC(NC(=O)c2cc(-c3ccnc(OC)c3)n3ncnc(N)c23)CC1. The first-order valence-corrected chi connectivity index (χ1v) is 11.2. The van der Waals surface area contributed by atoms with E-state index < -0.39 is 0 Å². The maximum absolute atomic E-state index is 13.3. The van der Waals surface area contributed by atoms with E-state index in [1.165, 1.54) is 6.33 Å². The predicted octanol–water partition coefficient (Wildman–Crippen LogP) is 1.58. The van der Waals surface area contributed by atoms with Gasteiger partial charge in [-0.3, -0.25) is 9.59 Å². The maximum atomic E-state index is 13.3. The molecule has 0 bridgehead atoms. The van der Waals surface area contributed by atoms with E-state index in [2.05, 4.69) is 25.7 Å². The number of nitrogens with one attached hydrogen (secondary N) is 2. The van der Waals surface area contributed by atoms with E-state index >= 15 is 0 Å². The van der Waals surface area contributed by atoms with Crippen LogP contribution in [0.2, 0.25) is 0 Å². The minimum Gasteiger partial charge on any atom is -0.481 e. The van der Waals surface area contributed by atoms with E-state index in [-0.39, 0.29) is 29.7 Å². The molecule has 4 rings (SSSR count). The van der Waals surface area contributed by atoms with Crippen molar-refractivity contribution in [3.05, 3.63) is 36.3 Å². The van der Waals surface area contributed by atoms with Crippen molar-refractivity contribution in [1.29, 1.82) is 0 Å². The molecule has 1 saturated carbocycles. The Bertz CT molecular complexity index is 1170. The Hall–Kier alpha value is -3.73. The quantitative estimate of drug-likeness (QED) is 0.453. The molecule has 180 valence electrons. The molecule has 0 spiro atoms. The number of nitrogens with zero attached hydrogens (tertiary/aromatic N) is 4. The van der Waals surface area contributed by atoms with Gasteiger partial charge in [0.2, 0.25) is 11.8 Å². The van der Waals surface area contributed by atoms with Gasteiger partial charge in [-0.2, -0.15) is 5.10 Å². The molecule has 0 atom stereocenters. The molecular weight excluding hydrogens is 438 g/mol. The zero-order valence-electron chi connectivity index (χ0n) is 19.3. The summed E-state index contributed by atoms with van der Waals surface area (Å²) in [5.41, 5.74) is 8.45. The monoisotopic (exact) mass is 467 g/mol. The van der Waals surface area contributed by atoms with Gasteiger partial charge in [0.05, 0.1) is 25.0 Å². The number of carbonyl (C=O) groups is 2. The molecule has 11 heteroatoms. The average Bonchev–Trinajstić information content (AvgIpc) is 3.25. The highest BCUT2D eigenvalue weighted by molar-refractivity contribution is 6.05. The van der Waals surface area contributed by atoms with Gasteiger partial charge in [-0.25, -0.2) is 14.5 Å². The van der Waals surface area contributed by atoms with Crippen LogP contribution in [-0.2, 0) is 9.53 Å². The van der Waals surface area contributed by atoms with Crippen molar-refractivity contribution in [2.45, 2.75) is 44.2 Å². The van der Waals surface area contributed by atoms with Crippen molar-refractivity contribution < 1.29 is 19.1 Å². The fraction of sp³-hybridized carbons (Fsp3) is 0.435. The zero-order valence-corrected chi connectivity index (χ0v) is 19.3. The van der Waals surface area contributed by atoms with Crippen molar-refractivity contribution >= 4 is 23.1 Å². The molecule has 4 N–H and O–H groups in total. The van der Waals surface area contributed by atoms with Crippen LogP contribution in [0.1, 0.15) is 42.5 Å². The molecule has 3 heterocycles. The zero-order chi connectivity index (χ0) is 24.1. The second-order valence-electron chi connectivity index (χ2n) is 8.27. The molecule has 0 saturated heterocycles. The highest BCUT2D eigenvalue weighted by atomic mass is 16.5. The van der Waals surface area contributed by atoms with E-state index in [0.717, 1.165) is 31.2 Å². The molecule has 3 aromatic rings. The Morgan fingerprint density at radius 1 is 1.12 bits per heavy atom. The third-order valence-corrected chi connectivity index (χ3v) is 6.03. The molecule has 1 fully saturated rings. The lowest BCUT2D eigenvalue weighted by molar-refractivity contribution is -0.122. The highest BCUT2D eigenvalue weighted by Crippen LogP contribution is 2.29. The van der Waals surface area contributed by atoms with Crippen molar-refractivity contribution in [2.24, 2.45) is 0 Å². The maximum Gasteiger partial charge on any atom is 0.253 e. The van der Waals surface area contributed by atoms with Crippen LogP contribution in [0.4, 0.5) is 5.82 Å². The number of nitrogen functional groups attached to an aromatic ring is 1. The Kier molecular flexibility index (Phi) is 7.21. The third kappa shape index (κ3) is 5.09. The lowest BCUT2D eigenvalue weighted by atomic mass is 9.91. The van der Waals surface area contributed by atoms with Crippen LogP contribution < -0.4 is 21.1 Å². The van der Waals surface area contributed by atoms with Crippen LogP contribution in [0, 0.1) is 0 Å². The minimum atomic E-state index is -0.237. The fourth-order valence-corrected chi connectivity index (χ4v) is 4.27. The first-order chi connectivity index (χ1) is 16.5. The molecule has 1 aliphatic rings. The van der Waals surface area contributed by atoms with Crippen molar-refractivity contribution in [1.82, 2.24) is 30.2 Å². The number of nitrogens with two attached hydrogens (primary N) is 1. The summed E-state index contributed by atoms with van der Waals surface area (Å²) >= 11 is 0. The Morgan fingerprint density at radius 2 is 1.85 bits per heavy atom. The topological polar surface area (TPSA) is 146 Å². The summed E-state index contributed by atoms with van der Waals surface area (Å²) in [6, 6.07) is 5.46. The number of carbonyl (C=O) groups excluding carboxylic acids is 2. The molecular formula is C23H29N7O4. The van der Waals surface area contributed by atoms with Crippen LogP contribution in [0.3, 0.4) is 0 Å². The van der Waals surface area contributed by atoms with E-state index in [9.17, 15) is 9.59 Å². The number of methoxy groups -OCH3 is 2. The number of fused-ring (bicyclic) bond motifs is 1. The van der Waals surface area contributed by atoms with Gasteiger partial charge < -0.3 is 25.8 Å². The number of rotatable bonds is 8. The molecule has 0 unspecified atom stereocenters. The minimum absolute atomic E-state index is 0.00454. The first-order valence-electron chi connectivity index (χ1n) is 11.2. The van der Waals surface area contributed by atoms with E-state index in [1.54, 1.807) is 37.1 Å². The van der Waals surface area contributed by atoms with Gasteiger partial charge in [-0.1, -0.05) is 0 Å². The normalized spacial score (nSPS) is 17.9. The summed E-state index contributed by atoms with van der Waals surface area (Å²) in [7, 11) is 3.12. The van der Waals surface area contributed by atoms with Gasteiger partial charge in [0.1, 0.15) is 11.8 Å². The van der Waals surface area contributed by atoms with Crippen LogP contribution in [0.15, 0.2) is 30.7 Å². The Morgan fingerprint density at radius 3 is 2.56 bits per heavy atom. The number of aromatic nitrogens is 4. The van der Waals surface area contributed by atoms with Crippen LogP contribution in [-0.4, -0.2) is 64.3 Å². The summed E-state index contributed by atoms with van der Waals surface area (Å²) < 4.78 is 11.8. The van der Waals surface area contributed by atoms with Crippen LogP contribution >= 0.6 is 0 Å². The summed E-state index contributed by atoms with van der Waals surface area (Å²) in [6.45, 7) is 0.407. The molecule has 2 amide bonds. The van der Waals surface area contributed by atoms with Crippen molar-refractivity contribution in [3.8, 4) is 17.1 Å². The number of anilines is 1. The predicted molar refractivity (Wildman–Crippen MR) is 125 cm³/mol. The van der Waals surface area contributed by atoms with Crippen molar-refractivity contribution in [2.75, 3.05) is 26.6 Å². The number of amides is 2. The molecule has 34 heavy (non-hydrogen) atoms. The van der Waals surface area contributed by atoms with Gasteiger partial charge in [0.15, 0.2) is 5.82 Å². The Labute approximate surface area is 197 Å². The molecule has 0 radical (unpaired) electrons. The smallest absolute Gasteiger partial charge is 0.253 e. The van der Waals surface area contributed by atoms with Crippen LogP contribution in [0.25, 0.3) is 16.8 Å².